The Balaban J connectivity index is 1.84. The minimum atomic E-state index is -0.464. The van der Waals surface area contributed by atoms with Gasteiger partial charge in [-0.2, -0.15) is 0 Å². The Hall–Kier alpha value is -3.99. The summed E-state index contributed by atoms with van der Waals surface area (Å²) in [6.45, 7) is 1.48. The summed E-state index contributed by atoms with van der Waals surface area (Å²) in [6.07, 6.45) is 1.61. The van der Waals surface area contributed by atoms with Crippen LogP contribution in [-0.4, -0.2) is 17.6 Å². The molecule has 0 saturated heterocycles. The Bertz CT molecular complexity index is 1040. The third-order valence-electron chi connectivity index (χ3n) is 4.19. The molecule has 0 aliphatic carbocycles. The van der Waals surface area contributed by atoms with Gasteiger partial charge in [-0.05, 0) is 55.0 Å². The standard InChI is InChI=1S/C24H20N2O3/c1-17(27)19-12-14-21(15-13-19)25-24(29)22(16-18-8-4-2-5-9-18)26-23(28)20-10-6-3-7-11-20/h2-16H,1H3,(H,25,29)(H,26,28). The summed E-state index contributed by atoms with van der Waals surface area (Å²) in [5, 5.41) is 5.44. The van der Waals surface area contributed by atoms with Crippen molar-refractivity contribution in [3.63, 3.8) is 0 Å². The first-order valence-corrected chi connectivity index (χ1v) is 9.08. The highest BCUT2D eigenvalue weighted by atomic mass is 16.2. The Kier molecular flexibility index (Phi) is 6.32. The summed E-state index contributed by atoms with van der Waals surface area (Å²) >= 11 is 0. The van der Waals surface area contributed by atoms with Gasteiger partial charge in [0, 0.05) is 16.8 Å². The van der Waals surface area contributed by atoms with Gasteiger partial charge in [0.1, 0.15) is 5.70 Å². The highest BCUT2D eigenvalue weighted by molar-refractivity contribution is 6.10. The van der Waals surface area contributed by atoms with Gasteiger partial charge in [0.25, 0.3) is 11.8 Å². The number of Topliss-reactive ketones (excluding diaryl/α,β-unsaturated/α-hetero) is 1. The molecule has 0 saturated carbocycles. The van der Waals surface area contributed by atoms with E-state index in [1.54, 1.807) is 54.6 Å². The van der Waals surface area contributed by atoms with E-state index >= 15 is 0 Å². The molecular weight excluding hydrogens is 364 g/mol. The van der Waals surface area contributed by atoms with Gasteiger partial charge < -0.3 is 10.6 Å². The van der Waals surface area contributed by atoms with Gasteiger partial charge in [0.15, 0.2) is 5.78 Å². The fourth-order valence-corrected chi connectivity index (χ4v) is 2.65. The van der Waals surface area contributed by atoms with Crippen molar-refractivity contribution in [1.82, 2.24) is 5.32 Å². The number of nitrogens with one attached hydrogen (secondary N) is 2. The van der Waals surface area contributed by atoms with Crippen molar-refractivity contribution >= 4 is 29.4 Å². The second-order valence-corrected chi connectivity index (χ2v) is 6.38. The van der Waals surface area contributed by atoms with Crippen molar-refractivity contribution in [2.45, 2.75) is 6.92 Å². The molecule has 3 aromatic rings. The molecule has 0 aliphatic heterocycles. The summed E-state index contributed by atoms with van der Waals surface area (Å²) in [5.41, 5.74) is 2.41. The van der Waals surface area contributed by atoms with E-state index in [4.69, 9.17) is 0 Å². The van der Waals surface area contributed by atoms with Crippen LogP contribution in [0.3, 0.4) is 0 Å². The van der Waals surface area contributed by atoms with Crippen LogP contribution in [-0.2, 0) is 4.79 Å². The van der Waals surface area contributed by atoms with E-state index in [1.807, 2.05) is 36.4 Å². The second-order valence-electron chi connectivity index (χ2n) is 6.38. The highest BCUT2D eigenvalue weighted by Crippen LogP contribution is 2.13. The first kappa shape index (κ1) is 19.8. The number of carbonyl (C=O) groups excluding carboxylic acids is 3. The largest absolute Gasteiger partial charge is 0.321 e. The molecule has 3 rings (SSSR count). The van der Waals surface area contributed by atoms with Gasteiger partial charge in [0.05, 0.1) is 0 Å². The van der Waals surface area contributed by atoms with Crippen molar-refractivity contribution in [2.24, 2.45) is 0 Å². The first-order chi connectivity index (χ1) is 14.0. The van der Waals surface area contributed by atoms with Crippen LogP contribution in [0.2, 0.25) is 0 Å². The molecular formula is C24H20N2O3. The lowest BCUT2D eigenvalue weighted by atomic mass is 10.1. The zero-order valence-electron chi connectivity index (χ0n) is 15.9. The average molecular weight is 384 g/mol. The van der Waals surface area contributed by atoms with Crippen LogP contribution in [0.1, 0.15) is 33.2 Å². The summed E-state index contributed by atoms with van der Waals surface area (Å²) in [5.74, 6) is -0.897. The van der Waals surface area contributed by atoms with E-state index in [0.29, 0.717) is 16.8 Å². The molecule has 0 bridgehead atoms. The summed E-state index contributed by atoms with van der Waals surface area (Å²) in [7, 11) is 0. The van der Waals surface area contributed by atoms with E-state index in [2.05, 4.69) is 10.6 Å². The molecule has 5 nitrogen and oxygen atoms in total. The molecule has 29 heavy (non-hydrogen) atoms. The van der Waals surface area contributed by atoms with Crippen LogP contribution in [0.25, 0.3) is 6.08 Å². The zero-order chi connectivity index (χ0) is 20.6. The number of anilines is 1. The van der Waals surface area contributed by atoms with Crippen molar-refractivity contribution in [1.29, 1.82) is 0 Å². The summed E-state index contributed by atoms with van der Waals surface area (Å²) in [4.78, 5) is 36.8. The van der Waals surface area contributed by atoms with Crippen LogP contribution >= 0.6 is 0 Å². The van der Waals surface area contributed by atoms with Crippen LogP contribution < -0.4 is 10.6 Å². The molecule has 0 radical (unpaired) electrons. The predicted molar refractivity (Wildman–Crippen MR) is 113 cm³/mol. The monoisotopic (exact) mass is 384 g/mol. The molecule has 0 fully saturated rings. The van der Waals surface area contributed by atoms with E-state index < -0.39 is 5.91 Å². The molecule has 2 N–H and O–H groups in total. The van der Waals surface area contributed by atoms with Crippen LogP contribution in [0.4, 0.5) is 5.69 Å². The first-order valence-electron chi connectivity index (χ1n) is 9.08. The number of benzene rings is 3. The van der Waals surface area contributed by atoms with Gasteiger partial charge in [-0.25, -0.2) is 0 Å². The third kappa shape index (κ3) is 5.49. The topological polar surface area (TPSA) is 75.3 Å². The lowest BCUT2D eigenvalue weighted by molar-refractivity contribution is -0.113. The lowest BCUT2D eigenvalue weighted by Crippen LogP contribution is -2.30. The van der Waals surface area contributed by atoms with Gasteiger partial charge >= 0.3 is 0 Å². The zero-order valence-corrected chi connectivity index (χ0v) is 15.9. The Labute approximate surface area is 169 Å². The Morgan fingerprint density at radius 1 is 0.724 bits per heavy atom. The lowest BCUT2D eigenvalue weighted by Gasteiger charge is -2.11. The fourth-order valence-electron chi connectivity index (χ4n) is 2.65. The molecule has 144 valence electrons. The summed E-state index contributed by atoms with van der Waals surface area (Å²) in [6, 6.07) is 24.5. The average Bonchev–Trinajstić information content (AvgIpc) is 2.75. The second kappa shape index (κ2) is 9.28. The van der Waals surface area contributed by atoms with Gasteiger partial charge in [-0.3, -0.25) is 14.4 Å². The molecule has 0 aromatic heterocycles. The maximum atomic E-state index is 12.8. The molecule has 3 aromatic carbocycles. The summed E-state index contributed by atoms with van der Waals surface area (Å²) < 4.78 is 0. The van der Waals surface area contributed by atoms with Crippen LogP contribution in [0.5, 0.6) is 0 Å². The fraction of sp³-hybridized carbons (Fsp3) is 0.0417. The van der Waals surface area contributed by atoms with Crippen LogP contribution in [0, 0.1) is 0 Å². The molecule has 0 atom stereocenters. The van der Waals surface area contributed by atoms with Gasteiger partial charge in [-0.1, -0.05) is 48.5 Å². The molecule has 0 spiro atoms. The van der Waals surface area contributed by atoms with E-state index in [1.165, 1.54) is 6.92 Å². The molecule has 0 heterocycles. The number of amides is 2. The van der Waals surface area contributed by atoms with E-state index in [9.17, 15) is 14.4 Å². The number of rotatable bonds is 6. The smallest absolute Gasteiger partial charge is 0.272 e. The number of hydrogen-bond donors (Lipinski definition) is 2. The Morgan fingerprint density at radius 2 is 1.31 bits per heavy atom. The van der Waals surface area contributed by atoms with Crippen molar-refractivity contribution < 1.29 is 14.4 Å². The van der Waals surface area contributed by atoms with Gasteiger partial charge in [-0.15, -0.1) is 0 Å². The Morgan fingerprint density at radius 3 is 1.90 bits per heavy atom. The van der Waals surface area contributed by atoms with Crippen molar-refractivity contribution in [3.8, 4) is 0 Å². The number of hydrogen-bond acceptors (Lipinski definition) is 3. The molecule has 5 heteroatoms. The minimum Gasteiger partial charge on any atom is -0.321 e. The van der Waals surface area contributed by atoms with Crippen LogP contribution in [0.15, 0.2) is 90.6 Å². The molecule has 0 unspecified atom stereocenters. The number of carbonyl (C=O) groups is 3. The van der Waals surface area contributed by atoms with Crippen molar-refractivity contribution in [2.75, 3.05) is 5.32 Å². The molecule has 0 aliphatic rings. The van der Waals surface area contributed by atoms with Crippen molar-refractivity contribution in [3.05, 3.63) is 107 Å². The van der Waals surface area contributed by atoms with Gasteiger partial charge in [0.2, 0.25) is 0 Å². The van der Waals surface area contributed by atoms with E-state index in [-0.39, 0.29) is 17.4 Å². The van der Waals surface area contributed by atoms with E-state index in [0.717, 1.165) is 5.56 Å². The maximum Gasteiger partial charge on any atom is 0.272 e. The SMILES string of the molecule is CC(=O)c1ccc(NC(=O)C(=Cc2ccccc2)NC(=O)c2ccccc2)cc1. The molecule has 2 amide bonds. The number of ketones is 1. The highest BCUT2D eigenvalue weighted by Gasteiger charge is 2.15. The quantitative estimate of drug-likeness (QED) is 0.491. The third-order valence-corrected chi connectivity index (χ3v) is 4.19. The minimum absolute atomic E-state index is 0.0531. The predicted octanol–water partition coefficient (Wildman–Crippen LogP) is 4.30. The normalized spacial score (nSPS) is 10.9. The maximum absolute atomic E-state index is 12.8.